The van der Waals surface area contributed by atoms with Crippen LogP contribution in [0.4, 0.5) is 5.69 Å². The Morgan fingerprint density at radius 1 is 1.15 bits per heavy atom. The Labute approximate surface area is 164 Å². The van der Waals surface area contributed by atoms with Gasteiger partial charge in [0, 0.05) is 16.7 Å². The quantitative estimate of drug-likeness (QED) is 0.422. The third kappa shape index (κ3) is 6.70. The third-order valence-electron chi connectivity index (χ3n) is 4.98. The summed E-state index contributed by atoms with van der Waals surface area (Å²) in [5.74, 6) is 0.181. The minimum Gasteiger partial charge on any atom is -0.351 e. The number of carbonyl (C=O) groups excluding carboxylic acids is 2. The Bertz CT molecular complexity index is 586. The molecule has 0 bridgehead atoms. The summed E-state index contributed by atoms with van der Waals surface area (Å²) in [4.78, 5) is 27.0. The van der Waals surface area contributed by atoms with Crippen LogP contribution in [0.5, 0.6) is 0 Å². The molecule has 7 heteroatoms. The zero-order valence-electron chi connectivity index (χ0n) is 15.7. The Hall–Kier alpha value is -1.44. The maximum Gasteiger partial charge on any atom is 0.282 e. The second kappa shape index (κ2) is 10.6. The van der Waals surface area contributed by atoms with Crippen molar-refractivity contribution in [3.8, 4) is 0 Å². The maximum absolute atomic E-state index is 12.5. The van der Waals surface area contributed by atoms with Gasteiger partial charge in [0.1, 0.15) is 26.2 Å². The molecule has 0 aromatic heterocycles. The van der Waals surface area contributed by atoms with Gasteiger partial charge in [-0.15, -0.1) is 0 Å². The highest BCUT2D eigenvalue weighted by molar-refractivity contribution is 9.10. The van der Waals surface area contributed by atoms with E-state index in [1.807, 2.05) is 31.2 Å². The summed E-state index contributed by atoms with van der Waals surface area (Å²) in [6, 6.07) is 7.52. The molecule has 0 spiro atoms. The molecule has 1 atom stereocenters. The molecule has 1 aliphatic heterocycles. The topological polar surface area (TPSA) is 67.1 Å². The van der Waals surface area contributed by atoms with Gasteiger partial charge in [-0.25, -0.2) is 0 Å². The maximum atomic E-state index is 12.5. The van der Waals surface area contributed by atoms with Crippen molar-refractivity contribution in [1.29, 1.82) is 0 Å². The van der Waals surface area contributed by atoms with E-state index in [0.29, 0.717) is 6.54 Å². The second-order valence-corrected chi connectivity index (χ2v) is 7.92. The van der Waals surface area contributed by atoms with Crippen molar-refractivity contribution in [2.24, 2.45) is 0 Å². The molecule has 1 fully saturated rings. The lowest BCUT2D eigenvalue weighted by Crippen LogP contribution is -3.30. The first-order valence-electron chi connectivity index (χ1n) is 9.51. The van der Waals surface area contributed by atoms with E-state index in [9.17, 15) is 9.59 Å². The van der Waals surface area contributed by atoms with Gasteiger partial charge in [0.05, 0.1) is 0 Å². The fraction of sp³-hybridized carbons (Fsp3) is 0.579. The average molecular weight is 427 g/mol. The Kier molecular flexibility index (Phi) is 8.54. The summed E-state index contributed by atoms with van der Waals surface area (Å²) in [6.45, 7) is 9.07. The third-order valence-corrected chi connectivity index (χ3v) is 5.51. The van der Waals surface area contributed by atoms with Crippen LogP contribution in [0.3, 0.4) is 0 Å². The predicted molar refractivity (Wildman–Crippen MR) is 106 cm³/mol. The highest BCUT2D eigenvalue weighted by Crippen LogP contribution is 2.14. The molecule has 1 heterocycles. The van der Waals surface area contributed by atoms with Crippen LogP contribution < -0.4 is 20.4 Å². The van der Waals surface area contributed by atoms with Crippen LogP contribution in [0.2, 0.25) is 0 Å². The number of unbranched alkanes of at least 4 members (excludes halogenated alkanes) is 1. The summed E-state index contributed by atoms with van der Waals surface area (Å²) < 4.78 is 0.993. The van der Waals surface area contributed by atoms with Crippen LogP contribution >= 0.6 is 15.9 Å². The molecule has 6 nitrogen and oxygen atoms in total. The highest BCUT2D eigenvalue weighted by atomic mass is 79.9. The largest absolute Gasteiger partial charge is 0.351 e. The van der Waals surface area contributed by atoms with Gasteiger partial charge >= 0.3 is 0 Å². The van der Waals surface area contributed by atoms with Crippen LogP contribution in [0, 0.1) is 0 Å². The number of rotatable bonds is 8. The van der Waals surface area contributed by atoms with E-state index in [1.165, 1.54) is 9.80 Å². The predicted octanol–water partition coefficient (Wildman–Crippen LogP) is -0.524. The number of piperazine rings is 1. The van der Waals surface area contributed by atoms with Crippen LogP contribution in [0.25, 0.3) is 0 Å². The van der Waals surface area contributed by atoms with E-state index in [4.69, 9.17) is 0 Å². The summed E-state index contributed by atoms with van der Waals surface area (Å²) in [5.41, 5.74) is 0.817. The van der Waals surface area contributed by atoms with Crippen molar-refractivity contribution >= 4 is 33.4 Å². The molecule has 0 saturated carbocycles. The first kappa shape index (κ1) is 20.9. The molecule has 26 heavy (non-hydrogen) atoms. The number of halogens is 1. The number of quaternary nitrogens is 2. The first-order chi connectivity index (χ1) is 12.5. The van der Waals surface area contributed by atoms with Crippen molar-refractivity contribution < 1.29 is 19.4 Å². The lowest BCUT2D eigenvalue weighted by atomic mass is 10.2. The van der Waals surface area contributed by atoms with Gasteiger partial charge in [-0.1, -0.05) is 29.3 Å². The minimum absolute atomic E-state index is 0.0445. The van der Waals surface area contributed by atoms with E-state index >= 15 is 0 Å². The van der Waals surface area contributed by atoms with E-state index in [-0.39, 0.29) is 17.9 Å². The van der Waals surface area contributed by atoms with Crippen molar-refractivity contribution in [1.82, 2.24) is 5.32 Å². The Morgan fingerprint density at radius 2 is 1.81 bits per heavy atom. The number of amides is 2. The standard InChI is InChI=1S/C19H29BrN4O2/c1-3-4-9-21-18(25)14-23-10-12-24(13-11-23)15(2)19(26)22-17-7-5-16(20)6-8-17/h5-8,15H,3-4,9-14H2,1-2H3,(H,21,25)(H,22,26)/p+2/t15-/m1/s1. The van der Waals surface area contributed by atoms with Crippen LogP contribution in [0.1, 0.15) is 26.7 Å². The Balaban J connectivity index is 1.73. The monoisotopic (exact) mass is 426 g/mol. The summed E-state index contributed by atoms with van der Waals surface area (Å²) >= 11 is 3.40. The lowest BCUT2D eigenvalue weighted by Gasteiger charge is -2.32. The molecule has 144 valence electrons. The summed E-state index contributed by atoms with van der Waals surface area (Å²) in [6.07, 6.45) is 2.12. The number of carbonyl (C=O) groups is 2. The van der Waals surface area contributed by atoms with Gasteiger partial charge in [0.15, 0.2) is 12.6 Å². The van der Waals surface area contributed by atoms with Gasteiger partial charge in [-0.3, -0.25) is 9.59 Å². The van der Waals surface area contributed by atoms with Gasteiger partial charge in [-0.2, -0.15) is 0 Å². The molecule has 1 saturated heterocycles. The molecule has 4 N–H and O–H groups in total. The molecule has 0 unspecified atom stereocenters. The van der Waals surface area contributed by atoms with Gasteiger partial charge < -0.3 is 20.4 Å². The summed E-state index contributed by atoms with van der Waals surface area (Å²) in [7, 11) is 0. The van der Waals surface area contributed by atoms with Crippen molar-refractivity contribution in [2.75, 3.05) is 44.6 Å². The number of hydrogen-bond acceptors (Lipinski definition) is 2. The zero-order valence-corrected chi connectivity index (χ0v) is 17.3. The fourth-order valence-corrected chi connectivity index (χ4v) is 3.46. The molecule has 0 aliphatic carbocycles. The molecule has 1 aliphatic rings. The fourth-order valence-electron chi connectivity index (χ4n) is 3.20. The Morgan fingerprint density at radius 3 is 2.42 bits per heavy atom. The smallest absolute Gasteiger partial charge is 0.282 e. The van der Waals surface area contributed by atoms with Crippen LogP contribution in [-0.2, 0) is 9.59 Å². The molecule has 0 radical (unpaired) electrons. The van der Waals surface area contributed by atoms with Gasteiger partial charge in [-0.05, 0) is 37.6 Å². The van der Waals surface area contributed by atoms with Gasteiger partial charge in [0.25, 0.3) is 11.8 Å². The number of hydrogen-bond donors (Lipinski definition) is 4. The number of nitrogens with one attached hydrogen (secondary N) is 4. The SMILES string of the molecule is CCCCNC(=O)C[NH+]1CC[NH+]([C@H](C)C(=O)Nc2ccc(Br)cc2)CC1. The number of anilines is 1. The van der Waals surface area contributed by atoms with Crippen molar-refractivity contribution in [2.45, 2.75) is 32.7 Å². The molecule has 2 amide bonds. The molecular weight excluding hydrogens is 396 g/mol. The zero-order chi connectivity index (χ0) is 18.9. The molecular formula is C19H31BrN4O2+2. The second-order valence-electron chi connectivity index (χ2n) is 7.01. The minimum atomic E-state index is -0.0985. The van der Waals surface area contributed by atoms with Crippen LogP contribution in [0.15, 0.2) is 28.7 Å². The molecule has 1 aromatic rings. The van der Waals surface area contributed by atoms with E-state index in [2.05, 4.69) is 33.5 Å². The average Bonchev–Trinajstić information content (AvgIpc) is 2.64. The van der Waals surface area contributed by atoms with E-state index in [1.54, 1.807) is 0 Å². The van der Waals surface area contributed by atoms with Crippen molar-refractivity contribution in [3.05, 3.63) is 28.7 Å². The van der Waals surface area contributed by atoms with Crippen LogP contribution in [-0.4, -0.2) is 57.1 Å². The molecule has 2 rings (SSSR count). The normalized spacial score (nSPS) is 21.0. The lowest BCUT2D eigenvalue weighted by molar-refractivity contribution is -1.01. The van der Waals surface area contributed by atoms with Crippen molar-refractivity contribution in [3.63, 3.8) is 0 Å². The number of benzene rings is 1. The highest BCUT2D eigenvalue weighted by Gasteiger charge is 2.31. The van der Waals surface area contributed by atoms with E-state index < -0.39 is 0 Å². The molecule has 1 aromatic carbocycles. The first-order valence-corrected chi connectivity index (χ1v) is 10.3. The summed E-state index contributed by atoms with van der Waals surface area (Å²) in [5, 5.41) is 5.97. The van der Waals surface area contributed by atoms with Gasteiger partial charge in [0.2, 0.25) is 0 Å². The van der Waals surface area contributed by atoms with E-state index in [0.717, 1.165) is 55.7 Å².